The van der Waals surface area contributed by atoms with Crippen LogP contribution < -0.4 is 11.1 Å². The van der Waals surface area contributed by atoms with Crippen LogP contribution in [0.4, 0.5) is 23.4 Å². The Labute approximate surface area is 219 Å². The number of anilines is 1. The highest BCUT2D eigenvalue weighted by Crippen LogP contribution is 2.38. The predicted molar refractivity (Wildman–Crippen MR) is 136 cm³/mol. The number of alkyl halides is 3. The van der Waals surface area contributed by atoms with Crippen LogP contribution in [0.2, 0.25) is 0 Å². The molecule has 4 N–H and O–H groups in total. The molecule has 1 amide bonds. The van der Waals surface area contributed by atoms with Gasteiger partial charge in [-0.25, -0.2) is 9.37 Å². The fraction of sp³-hybridized carbons (Fsp3) is 0.148. The lowest BCUT2D eigenvalue weighted by Gasteiger charge is -2.18. The number of halogens is 4. The molecule has 0 spiro atoms. The molecule has 0 fully saturated rings. The van der Waals surface area contributed by atoms with E-state index in [1.54, 1.807) is 42.5 Å². The molecule has 0 saturated carbocycles. The molecule has 0 radical (unpaired) electrons. The van der Waals surface area contributed by atoms with Crippen molar-refractivity contribution in [2.75, 3.05) is 5.32 Å². The van der Waals surface area contributed by atoms with E-state index in [-0.39, 0.29) is 17.2 Å². The Morgan fingerprint density at radius 2 is 1.77 bits per heavy atom. The number of imidazole rings is 1. The van der Waals surface area contributed by atoms with Crippen molar-refractivity contribution in [3.63, 3.8) is 0 Å². The first-order valence-electron chi connectivity index (χ1n) is 11.6. The average Bonchev–Trinajstić information content (AvgIpc) is 3.50. The van der Waals surface area contributed by atoms with Crippen molar-refractivity contribution in [3.05, 3.63) is 95.8 Å². The molecule has 5 aromatic rings. The Bertz CT molecular complexity index is 1700. The lowest BCUT2D eigenvalue weighted by atomic mass is 9.99. The van der Waals surface area contributed by atoms with Crippen molar-refractivity contribution in [1.82, 2.24) is 19.2 Å². The largest absolute Gasteiger partial charge is 0.417 e. The number of rotatable bonds is 5. The number of hydrogen-bond donors (Lipinski definition) is 3. The van der Waals surface area contributed by atoms with E-state index in [1.807, 2.05) is 0 Å². The molecular formula is C27H22F4N6O2. The van der Waals surface area contributed by atoms with Crippen LogP contribution >= 0.6 is 0 Å². The van der Waals surface area contributed by atoms with Gasteiger partial charge in [0.2, 0.25) is 0 Å². The third kappa shape index (κ3) is 4.87. The second kappa shape index (κ2) is 9.33. The van der Waals surface area contributed by atoms with Gasteiger partial charge in [0.1, 0.15) is 23.7 Å². The summed E-state index contributed by atoms with van der Waals surface area (Å²) in [6.07, 6.45) is -2.12. The van der Waals surface area contributed by atoms with Gasteiger partial charge in [0.05, 0.1) is 22.3 Å². The van der Waals surface area contributed by atoms with Gasteiger partial charge in [-0.2, -0.15) is 18.3 Å². The summed E-state index contributed by atoms with van der Waals surface area (Å²) in [5, 5.41) is 17.0. The third-order valence-electron chi connectivity index (χ3n) is 6.15. The third-order valence-corrected chi connectivity index (χ3v) is 6.15. The van der Waals surface area contributed by atoms with Crippen LogP contribution in [-0.4, -0.2) is 30.2 Å². The summed E-state index contributed by atoms with van der Waals surface area (Å²) in [6, 6.07) is 14.7. The van der Waals surface area contributed by atoms with Crippen LogP contribution in [0.5, 0.6) is 0 Å². The molecule has 8 nitrogen and oxygen atoms in total. The second-order valence-electron chi connectivity index (χ2n) is 9.16. The summed E-state index contributed by atoms with van der Waals surface area (Å²) in [4.78, 5) is 17.6. The van der Waals surface area contributed by atoms with Gasteiger partial charge >= 0.3 is 6.18 Å². The fourth-order valence-electron chi connectivity index (χ4n) is 4.36. The van der Waals surface area contributed by atoms with Crippen LogP contribution in [0.1, 0.15) is 28.5 Å². The minimum atomic E-state index is -4.89. The molecule has 0 aliphatic rings. The highest BCUT2D eigenvalue weighted by atomic mass is 19.4. The zero-order valence-electron chi connectivity index (χ0n) is 20.7. The molecule has 0 aliphatic carbocycles. The minimum absolute atomic E-state index is 0.0737. The number of nitrogens with zero attached hydrogens (tertiary/aromatic N) is 4. The van der Waals surface area contributed by atoms with E-state index in [0.29, 0.717) is 22.7 Å². The molecule has 0 bridgehead atoms. The van der Waals surface area contributed by atoms with Gasteiger partial charge in [-0.1, -0.05) is 30.3 Å². The summed E-state index contributed by atoms with van der Waals surface area (Å²) in [6.45, 7) is 1.34. The van der Waals surface area contributed by atoms with Crippen molar-refractivity contribution < 1.29 is 27.5 Å². The van der Waals surface area contributed by atoms with Crippen molar-refractivity contribution in [2.24, 2.45) is 12.8 Å². The van der Waals surface area contributed by atoms with Crippen LogP contribution in [0.3, 0.4) is 0 Å². The SMILES string of the molecule is Cn1ccc(-c2cc(C(=O)Nc3c(-c4ccccc4)ccc4c(C(C)(N)O)ncn34)c(F)cc2C(F)(F)F)n1. The number of pyridine rings is 1. The summed E-state index contributed by atoms with van der Waals surface area (Å²) in [5.74, 6) is -2.22. The lowest BCUT2D eigenvalue weighted by Crippen LogP contribution is -2.32. The molecule has 0 saturated heterocycles. The monoisotopic (exact) mass is 538 g/mol. The van der Waals surface area contributed by atoms with Gasteiger partial charge in [-0.05, 0) is 42.8 Å². The van der Waals surface area contributed by atoms with Gasteiger partial charge < -0.3 is 10.4 Å². The smallest absolute Gasteiger partial charge is 0.370 e. The minimum Gasteiger partial charge on any atom is -0.370 e. The molecule has 3 aromatic heterocycles. The Morgan fingerprint density at radius 1 is 1.05 bits per heavy atom. The average molecular weight is 539 g/mol. The molecule has 0 aliphatic heterocycles. The summed E-state index contributed by atoms with van der Waals surface area (Å²) in [7, 11) is 1.53. The number of aromatic nitrogens is 4. The fourth-order valence-corrected chi connectivity index (χ4v) is 4.36. The zero-order chi connectivity index (χ0) is 28.1. The molecule has 5 rings (SSSR count). The molecule has 3 heterocycles. The number of fused-ring (bicyclic) bond motifs is 1. The Balaban J connectivity index is 1.67. The van der Waals surface area contributed by atoms with E-state index in [2.05, 4.69) is 15.4 Å². The first-order valence-corrected chi connectivity index (χ1v) is 11.6. The highest BCUT2D eigenvalue weighted by Gasteiger charge is 2.36. The summed E-state index contributed by atoms with van der Waals surface area (Å²) in [5.41, 5.74) is 3.32. The van der Waals surface area contributed by atoms with Gasteiger partial charge in [0.15, 0.2) is 5.72 Å². The van der Waals surface area contributed by atoms with Crippen LogP contribution in [-0.2, 0) is 18.9 Å². The molecule has 1 atom stereocenters. The highest BCUT2D eigenvalue weighted by molar-refractivity contribution is 6.07. The number of hydrogen-bond acceptors (Lipinski definition) is 5. The van der Waals surface area contributed by atoms with Crippen LogP contribution in [0, 0.1) is 5.82 Å². The molecule has 1 unspecified atom stereocenters. The Kier molecular flexibility index (Phi) is 6.24. The number of benzene rings is 2. The van der Waals surface area contributed by atoms with Crippen molar-refractivity contribution >= 4 is 17.2 Å². The van der Waals surface area contributed by atoms with Gasteiger partial charge in [0.25, 0.3) is 5.91 Å². The van der Waals surface area contributed by atoms with Crippen molar-refractivity contribution in [2.45, 2.75) is 18.8 Å². The quantitative estimate of drug-likeness (QED) is 0.217. The van der Waals surface area contributed by atoms with E-state index in [1.165, 1.54) is 41.6 Å². The van der Waals surface area contributed by atoms with E-state index < -0.39 is 40.3 Å². The Hall–Kier alpha value is -4.55. The maximum atomic E-state index is 15.1. The lowest BCUT2D eigenvalue weighted by molar-refractivity contribution is -0.137. The predicted octanol–water partition coefficient (Wildman–Crippen LogP) is 4.94. The number of carbonyl (C=O) groups excluding carboxylic acids is 1. The standard InChI is InChI=1S/C27H22F4N6O2/c1-26(32,39)23-22-9-8-16(15-6-4-3-5-7-15)24(37(22)14-33-23)34-25(38)18-12-17(21-10-11-36(2)35-21)19(13-20(18)28)27(29,30)31/h3-14,39H,32H2,1-2H3,(H,34,38). The number of nitrogens with two attached hydrogens (primary N) is 1. The maximum absolute atomic E-state index is 15.1. The summed E-state index contributed by atoms with van der Waals surface area (Å²) >= 11 is 0. The number of amides is 1. The van der Waals surface area contributed by atoms with Crippen LogP contribution in [0.25, 0.3) is 27.9 Å². The van der Waals surface area contributed by atoms with Gasteiger partial charge in [-0.15, -0.1) is 0 Å². The first kappa shape index (κ1) is 26.1. The van der Waals surface area contributed by atoms with E-state index >= 15 is 4.39 Å². The van der Waals surface area contributed by atoms with E-state index in [0.717, 1.165) is 6.07 Å². The van der Waals surface area contributed by atoms with E-state index in [9.17, 15) is 23.1 Å². The molecule has 200 valence electrons. The molecule has 12 heteroatoms. The zero-order valence-corrected chi connectivity index (χ0v) is 20.7. The topological polar surface area (TPSA) is 110 Å². The van der Waals surface area contributed by atoms with Crippen molar-refractivity contribution in [1.29, 1.82) is 0 Å². The summed E-state index contributed by atoms with van der Waals surface area (Å²) < 4.78 is 59.1. The number of aliphatic hydroxyl groups is 1. The number of carbonyl (C=O) groups is 1. The molecular weight excluding hydrogens is 516 g/mol. The number of nitrogens with one attached hydrogen (secondary N) is 1. The second-order valence-corrected chi connectivity index (χ2v) is 9.16. The van der Waals surface area contributed by atoms with Gasteiger partial charge in [0, 0.05) is 24.4 Å². The Morgan fingerprint density at radius 3 is 2.38 bits per heavy atom. The van der Waals surface area contributed by atoms with Gasteiger partial charge in [-0.3, -0.25) is 19.6 Å². The van der Waals surface area contributed by atoms with E-state index in [4.69, 9.17) is 5.73 Å². The first-order chi connectivity index (χ1) is 18.3. The number of aryl methyl sites for hydroxylation is 1. The molecule has 39 heavy (non-hydrogen) atoms. The van der Waals surface area contributed by atoms with Crippen LogP contribution in [0.15, 0.2) is 73.2 Å². The van der Waals surface area contributed by atoms with Crippen molar-refractivity contribution in [3.8, 4) is 22.4 Å². The molecule has 2 aromatic carbocycles. The maximum Gasteiger partial charge on any atom is 0.417 e. The normalized spacial score (nSPS) is 13.4.